The van der Waals surface area contributed by atoms with Gasteiger partial charge in [-0.25, -0.2) is 0 Å². The van der Waals surface area contributed by atoms with Crippen molar-refractivity contribution in [1.82, 2.24) is 9.80 Å². The van der Waals surface area contributed by atoms with E-state index >= 15 is 0 Å². The summed E-state index contributed by atoms with van der Waals surface area (Å²) in [6, 6.07) is 5.33. The highest BCUT2D eigenvalue weighted by Gasteiger charge is 2.33. The molecule has 25 heavy (non-hydrogen) atoms. The van der Waals surface area contributed by atoms with Crippen molar-refractivity contribution in [3.63, 3.8) is 0 Å². The molecule has 5 nitrogen and oxygen atoms in total. The molecule has 0 N–H and O–H groups in total. The van der Waals surface area contributed by atoms with Gasteiger partial charge in [-0.1, -0.05) is 18.2 Å². The number of benzene rings is 1. The molecule has 2 heterocycles. The number of carbonyl (C=O) groups excluding carboxylic acids is 1. The Morgan fingerprint density at radius 3 is 2.56 bits per heavy atom. The number of amides is 1. The number of halogens is 3. The van der Waals surface area contributed by atoms with E-state index in [0.717, 1.165) is 6.07 Å². The summed E-state index contributed by atoms with van der Waals surface area (Å²) in [5.41, 5.74) is -0.246. The Bertz CT molecular complexity index is 645. The number of piperazine rings is 1. The van der Waals surface area contributed by atoms with Crippen LogP contribution >= 0.6 is 11.9 Å². The van der Waals surface area contributed by atoms with Crippen molar-refractivity contribution >= 4 is 17.9 Å². The Morgan fingerprint density at radius 2 is 1.92 bits per heavy atom. The number of rotatable bonds is 4. The minimum absolute atomic E-state index is 0.00387. The van der Waals surface area contributed by atoms with Crippen molar-refractivity contribution in [2.75, 3.05) is 38.5 Å². The van der Waals surface area contributed by atoms with Crippen molar-refractivity contribution in [3.8, 4) is 0 Å². The third-order valence-electron chi connectivity index (χ3n) is 4.47. The van der Waals surface area contributed by atoms with Gasteiger partial charge in [0.15, 0.2) is 6.04 Å². The first-order chi connectivity index (χ1) is 11.9. The van der Waals surface area contributed by atoms with Crippen LogP contribution in [0.1, 0.15) is 11.1 Å². The zero-order chi connectivity index (χ0) is 17.9. The van der Waals surface area contributed by atoms with E-state index in [1.807, 2.05) is 0 Å². The monoisotopic (exact) mass is 372 g/mol. The molecule has 1 amide bonds. The topological polar surface area (TPSA) is 48.3 Å². The van der Waals surface area contributed by atoms with Crippen LogP contribution in [-0.4, -0.2) is 60.2 Å². The maximum Gasteiger partial charge on any atom is 0.416 e. The normalized spacial score (nSPS) is 21.7. The maximum atomic E-state index is 13.0. The van der Waals surface area contributed by atoms with Crippen LogP contribution in [0.4, 0.5) is 13.2 Å². The highest BCUT2D eigenvalue weighted by atomic mass is 32.2. The number of hydrogen-bond acceptors (Lipinski definition) is 5. The SMILES string of the molecule is O=C(C1CSN=N1)N1CCN(CCc2ccccc2C(F)(F)F)CC1. The van der Waals surface area contributed by atoms with Crippen molar-refractivity contribution in [1.29, 1.82) is 0 Å². The second-order valence-electron chi connectivity index (χ2n) is 6.08. The molecular formula is C16H19F3N4OS. The van der Waals surface area contributed by atoms with Gasteiger partial charge in [0, 0.05) is 44.7 Å². The van der Waals surface area contributed by atoms with Gasteiger partial charge in [0.2, 0.25) is 5.91 Å². The van der Waals surface area contributed by atoms with E-state index in [0.29, 0.717) is 50.5 Å². The van der Waals surface area contributed by atoms with E-state index in [1.54, 1.807) is 11.0 Å². The van der Waals surface area contributed by atoms with Crippen LogP contribution < -0.4 is 0 Å². The fourth-order valence-corrected chi connectivity index (χ4v) is 3.64. The number of alkyl halides is 3. The van der Waals surface area contributed by atoms with Crippen LogP contribution in [0.2, 0.25) is 0 Å². The van der Waals surface area contributed by atoms with Crippen LogP contribution in [0, 0.1) is 0 Å². The molecule has 1 aromatic carbocycles. The molecular weight excluding hydrogens is 353 g/mol. The lowest BCUT2D eigenvalue weighted by Crippen LogP contribution is -2.51. The molecule has 0 spiro atoms. The van der Waals surface area contributed by atoms with Crippen LogP contribution in [0.5, 0.6) is 0 Å². The average Bonchev–Trinajstić information content (AvgIpc) is 3.14. The molecule has 136 valence electrons. The average molecular weight is 372 g/mol. The van der Waals surface area contributed by atoms with Gasteiger partial charge >= 0.3 is 6.18 Å². The summed E-state index contributed by atoms with van der Waals surface area (Å²) in [6.45, 7) is 3.04. The zero-order valence-corrected chi connectivity index (χ0v) is 14.4. The van der Waals surface area contributed by atoms with Crippen LogP contribution in [0.25, 0.3) is 0 Å². The molecule has 1 fully saturated rings. The van der Waals surface area contributed by atoms with Crippen LogP contribution in [-0.2, 0) is 17.4 Å². The molecule has 0 aliphatic carbocycles. The molecule has 2 aliphatic rings. The lowest BCUT2D eigenvalue weighted by molar-refractivity contribution is -0.138. The van der Waals surface area contributed by atoms with Gasteiger partial charge < -0.3 is 4.90 Å². The highest BCUT2D eigenvalue weighted by molar-refractivity contribution is 7.98. The molecule has 0 radical (unpaired) electrons. The molecule has 3 rings (SSSR count). The van der Waals surface area contributed by atoms with Gasteiger partial charge in [0.25, 0.3) is 0 Å². The van der Waals surface area contributed by atoms with Gasteiger partial charge in [-0.2, -0.15) is 18.3 Å². The smallest absolute Gasteiger partial charge is 0.338 e. The molecule has 2 aliphatic heterocycles. The summed E-state index contributed by atoms with van der Waals surface area (Å²) in [4.78, 5) is 16.1. The predicted molar refractivity (Wildman–Crippen MR) is 89.3 cm³/mol. The molecule has 0 bridgehead atoms. The Morgan fingerprint density at radius 1 is 1.20 bits per heavy atom. The third kappa shape index (κ3) is 4.52. The minimum Gasteiger partial charge on any atom is -0.338 e. The van der Waals surface area contributed by atoms with Gasteiger partial charge in [0.1, 0.15) is 0 Å². The first-order valence-corrected chi connectivity index (χ1v) is 9.08. The standard InChI is InChI=1S/C16H19F3N4OS/c17-16(18,19)13-4-2-1-3-12(13)5-6-22-7-9-23(10-8-22)15(24)14-11-25-21-20-14/h1-4,14H,5-11H2. The summed E-state index contributed by atoms with van der Waals surface area (Å²) in [7, 11) is 0. The van der Waals surface area contributed by atoms with E-state index < -0.39 is 11.7 Å². The second kappa shape index (κ2) is 7.74. The highest BCUT2D eigenvalue weighted by Crippen LogP contribution is 2.32. The van der Waals surface area contributed by atoms with Gasteiger partial charge in [-0.05, 0) is 18.1 Å². The lowest BCUT2D eigenvalue weighted by Gasteiger charge is -2.35. The molecule has 1 atom stereocenters. The van der Waals surface area contributed by atoms with Gasteiger partial charge in [-0.15, -0.1) is 4.52 Å². The quantitative estimate of drug-likeness (QED) is 0.764. The van der Waals surface area contributed by atoms with E-state index in [2.05, 4.69) is 14.5 Å². The molecule has 0 aromatic heterocycles. The number of carbonyl (C=O) groups is 1. The van der Waals surface area contributed by atoms with Crippen molar-refractivity contribution in [2.45, 2.75) is 18.6 Å². The fraction of sp³-hybridized carbons (Fsp3) is 0.562. The Kier molecular flexibility index (Phi) is 5.63. The Balaban J connectivity index is 1.50. The molecule has 9 heteroatoms. The molecule has 1 aromatic rings. The zero-order valence-electron chi connectivity index (χ0n) is 13.6. The largest absolute Gasteiger partial charge is 0.416 e. The minimum atomic E-state index is -4.32. The first-order valence-electron chi connectivity index (χ1n) is 8.13. The van der Waals surface area contributed by atoms with E-state index in [4.69, 9.17) is 0 Å². The summed E-state index contributed by atoms with van der Waals surface area (Å²) in [5, 5.41) is 3.92. The number of hydrogen-bond donors (Lipinski definition) is 0. The van der Waals surface area contributed by atoms with Gasteiger partial charge in [0.05, 0.1) is 11.3 Å². The van der Waals surface area contributed by atoms with E-state index in [1.165, 1.54) is 24.1 Å². The van der Waals surface area contributed by atoms with E-state index in [-0.39, 0.29) is 11.9 Å². The third-order valence-corrected chi connectivity index (χ3v) is 5.14. The van der Waals surface area contributed by atoms with Crippen molar-refractivity contribution < 1.29 is 18.0 Å². The summed E-state index contributed by atoms with van der Waals surface area (Å²) < 4.78 is 42.9. The van der Waals surface area contributed by atoms with Crippen LogP contribution in [0.15, 0.2) is 33.9 Å². The Hall–Kier alpha value is -1.61. The molecule has 1 saturated heterocycles. The van der Waals surface area contributed by atoms with Gasteiger partial charge in [-0.3, -0.25) is 9.69 Å². The maximum absolute atomic E-state index is 13.0. The van der Waals surface area contributed by atoms with E-state index in [9.17, 15) is 18.0 Å². The second-order valence-corrected chi connectivity index (χ2v) is 6.84. The summed E-state index contributed by atoms with van der Waals surface area (Å²) in [5.74, 6) is 0.587. The molecule has 0 saturated carbocycles. The van der Waals surface area contributed by atoms with Crippen LogP contribution in [0.3, 0.4) is 0 Å². The summed E-state index contributed by atoms with van der Waals surface area (Å²) in [6.07, 6.45) is -3.98. The molecule has 1 unspecified atom stereocenters. The lowest BCUT2D eigenvalue weighted by atomic mass is 10.0. The van der Waals surface area contributed by atoms with Crippen molar-refractivity contribution in [3.05, 3.63) is 35.4 Å². The fourth-order valence-electron chi connectivity index (χ4n) is 3.04. The predicted octanol–water partition coefficient (Wildman–Crippen LogP) is 2.87. The Labute approximate surface area is 148 Å². The first kappa shape index (κ1) is 18.2. The number of nitrogens with zero attached hydrogens (tertiary/aromatic N) is 4. The van der Waals surface area contributed by atoms with Crippen molar-refractivity contribution in [2.24, 2.45) is 9.63 Å². The summed E-state index contributed by atoms with van der Waals surface area (Å²) >= 11 is 1.29.